The summed E-state index contributed by atoms with van der Waals surface area (Å²) in [5, 5.41) is 7.96. The van der Waals surface area contributed by atoms with E-state index in [1.807, 2.05) is 13.8 Å². The second-order valence-corrected chi connectivity index (χ2v) is 5.09. The van der Waals surface area contributed by atoms with E-state index in [1.165, 1.54) is 0 Å². The van der Waals surface area contributed by atoms with Crippen molar-refractivity contribution in [3.63, 3.8) is 0 Å². The maximum Gasteiger partial charge on any atom is 0.326 e. The average Bonchev–Trinajstić information content (AvgIpc) is 2.80. The molecule has 1 N–H and O–H groups in total. The standard InChI is InChI=1S/C13H22ClN3O2/c1-4-7-15-13(3,12(18)19-5-2)6-8-17-10-11(14)9-16-17/h9-10,15H,4-8H2,1-3H3. The highest BCUT2D eigenvalue weighted by Crippen LogP contribution is 2.15. The second-order valence-electron chi connectivity index (χ2n) is 4.65. The van der Waals surface area contributed by atoms with Crippen molar-refractivity contribution >= 4 is 17.6 Å². The third kappa shape index (κ3) is 4.84. The Morgan fingerprint density at radius 2 is 2.32 bits per heavy atom. The summed E-state index contributed by atoms with van der Waals surface area (Å²) in [6.07, 6.45) is 4.89. The van der Waals surface area contributed by atoms with Crippen LogP contribution in [-0.2, 0) is 16.1 Å². The highest BCUT2D eigenvalue weighted by atomic mass is 35.5. The number of nitrogens with one attached hydrogen (secondary N) is 1. The second kappa shape index (κ2) is 7.50. The zero-order chi connectivity index (χ0) is 14.3. The summed E-state index contributed by atoms with van der Waals surface area (Å²) in [4.78, 5) is 12.1. The van der Waals surface area contributed by atoms with Gasteiger partial charge in [-0.15, -0.1) is 0 Å². The maximum atomic E-state index is 12.1. The normalized spacial score (nSPS) is 14.1. The van der Waals surface area contributed by atoms with Crippen molar-refractivity contribution in [2.75, 3.05) is 13.2 Å². The molecule has 19 heavy (non-hydrogen) atoms. The van der Waals surface area contributed by atoms with Gasteiger partial charge in [-0.25, -0.2) is 0 Å². The Kier molecular flexibility index (Phi) is 6.31. The predicted octanol–water partition coefficient (Wildman–Crippen LogP) is 2.25. The average molecular weight is 288 g/mol. The number of hydrogen-bond acceptors (Lipinski definition) is 4. The van der Waals surface area contributed by atoms with E-state index in [9.17, 15) is 4.79 Å². The number of aromatic nitrogens is 2. The van der Waals surface area contributed by atoms with Crippen molar-refractivity contribution in [3.05, 3.63) is 17.4 Å². The van der Waals surface area contributed by atoms with Crippen LogP contribution in [0, 0.1) is 0 Å². The van der Waals surface area contributed by atoms with E-state index in [4.69, 9.17) is 16.3 Å². The lowest BCUT2D eigenvalue weighted by atomic mass is 9.97. The zero-order valence-electron chi connectivity index (χ0n) is 11.8. The topological polar surface area (TPSA) is 56.2 Å². The smallest absolute Gasteiger partial charge is 0.326 e. The van der Waals surface area contributed by atoms with Gasteiger partial charge in [-0.2, -0.15) is 5.10 Å². The molecule has 5 nitrogen and oxygen atoms in total. The number of nitrogens with zero attached hydrogens (tertiary/aromatic N) is 2. The van der Waals surface area contributed by atoms with E-state index in [0.717, 1.165) is 13.0 Å². The highest BCUT2D eigenvalue weighted by Gasteiger charge is 2.33. The van der Waals surface area contributed by atoms with Gasteiger partial charge in [0.05, 0.1) is 17.8 Å². The van der Waals surface area contributed by atoms with E-state index in [2.05, 4.69) is 17.3 Å². The first-order chi connectivity index (χ1) is 9.01. The number of ether oxygens (including phenoxy) is 1. The van der Waals surface area contributed by atoms with Crippen LogP contribution in [0.15, 0.2) is 12.4 Å². The van der Waals surface area contributed by atoms with E-state index < -0.39 is 5.54 Å². The molecule has 0 radical (unpaired) electrons. The Balaban J connectivity index is 2.65. The Morgan fingerprint density at radius 3 is 2.84 bits per heavy atom. The number of halogens is 1. The molecule has 1 aromatic heterocycles. The van der Waals surface area contributed by atoms with Gasteiger partial charge in [0.25, 0.3) is 0 Å². The molecule has 0 amide bonds. The van der Waals surface area contributed by atoms with E-state index in [-0.39, 0.29) is 5.97 Å². The minimum Gasteiger partial charge on any atom is -0.465 e. The molecule has 0 aromatic carbocycles. The molecule has 0 saturated heterocycles. The first-order valence-corrected chi connectivity index (χ1v) is 7.00. The van der Waals surface area contributed by atoms with Crippen molar-refractivity contribution in [2.45, 2.75) is 45.7 Å². The summed E-state index contributed by atoms with van der Waals surface area (Å²) >= 11 is 5.82. The highest BCUT2D eigenvalue weighted by molar-refractivity contribution is 6.30. The van der Waals surface area contributed by atoms with Crippen LogP contribution in [0.1, 0.15) is 33.6 Å². The number of carbonyl (C=O) groups is 1. The van der Waals surface area contributed by atoms with Gasteiger partial charge in [-0.1, -0.05) is 18.5 Å². The van der Waals surface area contributed by atoms with Gasteiger partial charge < -0.3 is 10.1 Å². The quantitative estimate of drug-likeness (QED) is 0.745. The number of hydrogen-bond donors (Lipinski definition) is 1. The summed E-state index contributed by atoms with van der Waals surface area (Å²) in [6, 6.07) is 0. The minimum atomic E-state index is -0.690. The third-order valence-electron chi connectivity index (χ3n) is 2.93. The summed E-state index contributed by atoms with van der Waals surface area (Å²) in [6.45, 7) is 7.51. The molecule has 0 bridgehead atoms. The Hall–Kier alpha value is -1.07. The lowest BCUT2D eigenvalue weighted by molar-refractivity contribution is -0.151. The van der Waals surface area contributed by atoms with Crippen LogP contribution in [0.2, 0.25) is 5.02 Å². The Labute approximate surface area is 119 Å². The molecule has 0 spiro atoms. The van der Waals surface area contributed by atoms with Gasteiger partial charge in [0.2, 0.25) is 0 Å². The Bertz CT molecular complexity index is 408. The van der Waals surface area contributed by atoms with Crippen LogP contribution in [0.4, 0.5) is 0 Å². The van der Waals surface area contributed by atoms with Crippen LogP contribution < -0.4 is 5.32 Å². The van der Waals surface area contributed by atoms with Gasteiger partial charge in [0.15, 0.2) is 0 Å². The Morgan fingerprint density at radius 1 is 1.58 bits per heavy atom. The summed E-state index contributed by atoms with van der Waals surface area (Å²) < 4.78 is 6.87. The first-order valence-electron chi connectivity index (χ1n) is 6.62. The fourth-order valence-corrected chi connectivity index (χ4v) is 1.91. The fraction of sp³-hybridized carbons (Fsp3) is 0.692. The maximum absolute atomic E-state index is 12.1. The first kappa shape index (κ1) is 16.0. The lowest BCUT2D eigenvalue weighted by Crippen LogP contribution is -2.51. The molecule has 1 heterocycles. The van der Waals surface area contributed by atoms with Gasteiger partial charge in [0.1, 0.15) is 5.54 Å². The molecule has 0 saturated carbocycles. The van der Waals surface area contributed by atoms with Crippen molar-refractivity contribution < 1.29 is 9.53 Å². The zero-order valence-corrected chi connectivity index (χ0v) is 12.5. The summed E-state index contributed by atoms with van der Waals surface area (Å²) in [7, 11) is 0. The fourth-order valence-electron chi connectivity index (χ4n) is 1.75. The predicted molar refractivity (Wildman–Crippen MR) is 75.2 cm³/mol. The summed E-state index contributed by atoms with van der Waals surface area (Å²) in [5.74, 6) is -0.221. The van der Waals surface area contributed by atoms with Gasteiger partial charge in [-0.3, -0.25) is 9.48 Å². The number of carbonyl (C=O) groups excluding carboxylic acids is 1. The van der Waals surface area contributed by atoms with Crippen LogP contribution >= 0.6 is 11.6 Å². The molecule has 1 rings (SSSR count). The number of esters is 1. The lowest BCUT2D eigenvalue weighted by Gasteiger charge is -2.28. The largest absolute Gasteiger partial charge is 0.465 e. The van der Waals surface area contributed by atoms with E-state index in [1.54, 1.807) is 17.1 Å². The summed E-state index contributed by atoms with van der Waals surface area (Å²) in [5.41, 5.74) is -0.690. The van der Waals surface area contributed by atoms with Gasteiger partial charge in [-0.05, 0) is 33.2 Å². The molecule has 1 atom stereocenters. The number of aryl methyl sites for hydroxylation is 1. The molecule has 6 heteroatoms. The molecule has 0 fully saturated rings. The molecule has 0 aliphatic carbocycles. The van der Waals surface area contributed by atoms with Crippen molar-refractivity contribution in [2.24, 2.45) is 0 Å². The minimum absolute atomic E-state index is 0.221. The molecule has 108 valence electrons. The molecule has 0 aliphatic heterocycles. The van der Waals surface area contributed by atoms with Crippen molar-refractivity contribution in [3.8, 4) is 0 Å². The number of rotatable bonds is 8. The molecular weight excluding hydrogens is 266 g/mol. The van der Waals surface area contributed by atoms with E-state index in [0.29, 0.717) is 24.6 Å². The van der Waals surface area contributed by atoms with E-state index >= 15 is 0 Å². The molecule has 1 unspecified atom stereocenters. The van der Waals surface area contributed by atoms with Gasteiger partial charge in [0, 0.05) is 12.7 Å². The van der Waals surface area contributed by atoms with Crippen LogP contribution in [0.25, 0.3) is 0 Å². The molecular formula is C13H22ClN3O2. The molecule has 1 aromatic rings. The third-order valence-corrected chi connectivity index (χ3v) is 3.13. The SMILES string of the molecule is CCCNC(C)(CCn1cc(Cl)cn1)C(=O)OCC. The van der Waals surface area contributed by atoms with Crippen molar-refractivity contribution in [1.82, 2.24) is 15.1 Å². The van der Waals surface area contributed by atoms with Gasteiger partial charge >= 0.3 is 5.97 Å². The van der Waals surface area contributed by atoms with Crippen LogP contribution in [0.5, 0.6) is 0 Å². The molecule has 0 aliphatic rings. The van der Waals surface area contributed by atoms with Crippen LogP contribution in [-0.4, -0.2) is 34.4 Å². The monoisotopic (exact) mass is 287 g/mol. The van der Waals surface area contributed by atoms with Crippen LogP contribution in [0.3, 0.4) is 0 Å². The van der Waals surface area contributed by atoms with Crippen molar-refractivity contribution in [1.29, 1.82) is 0 Å².